The molecule has 90 valence electrons. The fraction of sp³-hybridized carbons (Fsp3) is 0.429. The average Bonchev–Trinajstić information content (AvgIpc) is 2.59. The van der Waals surface area contributed by atoms with Gasteiger partial charge in [0.05, 0.1) is 5.52 Å². The lowest BCUT2D eigenvalue weighted by molar-refractivity contribution is 0.542. The molecule has 17 heavy (non-hydrogen) atoms. The molecular weight excluding hydrogens is 232 g/mol. The smallest absolute Gasteiger partial charge is 0.0527 e. The van der Waals surface area contributed by atoms with E-state index in [4.69, 9.17) is 17.3 Å². The van der Waals surface area contributed by atoms with Gasteiger partial charge in [0.2, 0.25) is 0 Å². The molecule has 1 heterocycles. The summed E-state index contributed by atoms with van der Waals surface area (Å²) in [6.07, 6.45) is 3.42. The molecule has 3 heteroatoms. The van der Waals surface area contributed by atoms with E-state index in [-0.39, 0.29) is 6.04 Å². The SMILES string of the molecule is Cc1c(Cl)ccc2c3c(n(C)c12)C(N)CCC3. The van der Waals surface area contributed by atoms with E-state index in [1.807, 2.05) is 6.07 Å². The molecule has 2 aromatic rings. The highest BCUT2D eigenvalue weighted by atomic mass is 35.5. The summed E-state index contributed by atoms with van der Waals surface area (Å²) in [5.74, 6) is 0. The van der Waals surface area contributed by atoms with Crippen LogP contribution >= 0.6 is 11.6 Å². The molecule has 0 spiro atoms. The van der Waals surface area contributed by atoms with Crippen LogP contribution in [0.2, 0.25) is 5.02 Å². The van der Waals surface area contributed by atoms with Crippen LogP contribution in [0.1, 0.15) is 35.7 Å². The minimum absolute atomic E-state index is 0.175. The highest BCUT2D eigenvalue weighted by molar-refractivity contribution is 6.32. The van der Waals surface area contributed by atoms with E-state index in [0.29, 0.717) is 0 Å². The zero-order valence-corrected chi connectivity index (χ0v) is 11.0. The maximum atomic E-state index is 6.25. The van der Waals surface area contributed by atoms with Crippen molar-refractivity contribution in [3.05, 3.63) is 34.0 Å². The molecule has 2 nitrogen and oxygen atoms in total. The number of nitrogens with zero attached hydrogens (tertiary/aromatic N) is 1. The van der Waals surface area contributed by atoms with Gasteiger partial charge in [-0.3, -0.25) is 0 Å². The van der Waals surface area contributed by atoms with Gasteiger partial charge in [-0.05, 0) is 43.4 Å². The van der Waals surface area contributed by atoms with Gasteiger partial charge >= 0.3 is 0 Å². The number of fused-ring (bicyclic) bond motifs is 3. The number of benzene rings is 1. The van der Waals surface area contributed by atoms with Crippen molar-refractivity contribution in [1.29, 1.82) is 0 Å². The first-order chi connectivity index (χ1) is 8.11. The summed E-state index contributed by atoms with van der Waals surface area (Å²) >= 11 is 6.22. The highest BCUT2D eigenvalue weighted by Gasteiger charge is 2.24. The fourth-order valence-corrected chi connectivity index (χ4v) is 3.34. The van der Waals surface area contributed by atoms with Gasteiger partial charge in [0.1, 0.15) is 0 Å². The first kappa shape index (κ1) is 11.1. The van der Waals surface area contributed by atoms with Crippen LogP contribution in [0, 0.1) is 6.92 Å². The molecule has 0 aliphatic heterocycles. The van der Waals surface area contributed by atoms with E-state index < -0.39 is 0 Å². The van der Waals surface area contributed by atoms with E-state index in [9.17, 15) is 0 Å². The number of rotatable bonds is 0. The Morgan fingerprint density at radius 3 is 2.94 bits per heavy atom. The Labute approximate surface area is 106 Å². The molecule has 3 rings (SSSR count). The molecule has 1 aliphatic carbocycles. The normalized spacial score (nSPS) is 19.6. The lowest BCUT2D eigenvalue weighted by Crippen LogP contribution is -2.19. The van der Waals surface area contributed by atoms with Crippen LogP contribution in [0.25, 0.3) is 10.9 Å². The molecule has 0 fully saturated rings. The van der Waals surface area contributed by atoms with Crippen molar-refractivity contribution >= 4 is 22.5 Å². The van der Waals surface area contributed by atoms with Crippen LogP contribution in [0.5, 0.6) is 0 Å². The molecule has 1 atom stereocenters. The molecule has 1 unspecified atom stereocenters. The summed E-state index contributed by atoms with van der Waals surface area (Å²) < 4.78 is 2.25. The van der Waals surface area contributed by atoms with Gasteiger partial charge in [0, 0.05) is 29.2 Å². The van der Waals surface area contributed by atoms with Gasteiger partial charge < -0.3 is 10.3 Å². The number of hydrogen-bond donors (Lipinski definition) is 1. The van der Waals surface area contributed by atoms with Gasteiger partial charge in [0.25, 0.3) is 0 Å². The molecule has 1 aromatic carbocycles. The Bertz CT molecular complexity index is 598. The standard InChI is InChI=1S/C14H17ClN2/c1-8-11(15)7-6-10-9-4-3-5-12(16)14(9)17(2)13(8)10/h6-7,12H,3-5,16H2,1-2H3. The highest BCUT2D eigenvalue weighted by Crippen LogP contribution is 2.38. The molecule has 1 aromatic heterocycles. The minimum atomic E-state index is 0.175. The number of nitrogens with two attached hydrogens (primary N) is 1. The lowest BCUT2D eigenvalue weighted by atomic mass is 9.92. The summed E-state index contributed by atoms with van der Waals surface area (Å²) in [7, 11) is 2.11. The maximum absolute atomic E-state index is 6.25. The van der Waals surface area contributed by atoms with Crippen molar-refractivity contribution in [3.63, 3.8) is 0 Å². The van der Waals surface area contributed by atoms with E-state index >= 15 is 0 Å². The van der Waals surface area contributed by atoms with E-state index in [2.05, 4.69) is 24.6 Å². The maximum Gasteiger partial charge on any atom is 0.0527 e. The first-order valence-corrected chi connectivity index (χ1v) is 6.51. The van der Waals surface area contributed by atoms with Crippen LogP contribution in [-0.2, 0) is 13.5 Å². The van der Waals surface area contributed by atoms with Crippen molar-refractivity contribution in [3.8, 4) is 0 Å². The number of halogens is 1. The van der Waals surface area contributed by atoms with Crippen LogP contribution in [0.15, 0.2) is 12.1 Å². The summed E-state index contributed by atoms with van der Waals surface area (Å²) in [6.45, 7) is 2.08. The van der Waals surface area contributed by atoms with Crippen molar-refractivity contribution in [2.45, 2.75) is 32.2 Å². The van der Waals surface area contributed by atoms with Crippen molar-refractivity contribution < 1.29 is 0 Å². The van der Waals surface area contributed by atoms with E-state index in [1.165, 1.54) is 28.6 Å². The summed E-state index contributed by atoms with van der Waals surface area (Å²) in [4.78, 5) is 0. The average molecular weight is 249 g/mol. The first-order valence-electron chi connectivity index (χ1n) is 6.13. The summed E-state index contributed by atoms with van der Waals surface area (Å²) in [5, 5.41) is 2.17. The van der Waals surface area contributed by atoms with E-state index in [0.717, 1.165) is 23.4 Å². The molecular formula is C14H17ClN2. The second-order valence-corrected chi connectivity index (χ2v) is 5.40. The zero-order valence-electron chi connectivity index (χ0n) is 10.3. The molecule has 2 N–H and O–H groups in total. The largest absolute Gasteiger partial charge is 0.346 e. The number of aromatic nitrogens is 1. The van der Waals surface area contributed by atoms with Crippen LogP contribution in [0.3, 0.4) is 0 Å². The lowest BCUT2D eigenvalue weighted by Gasteiger charge is -2.20. The minimum Gasteiger partial charge on any atom is -0.346 e. The second kappa shape index (κ2) is 3.76. The third-order valence-electron chi connectivity index (χ3n) is 3.99. The molecule has 0 radical (unpaired) electrons. The zero-order chi connectivity index (χ0) is 12.2. The van der Waals surface area contributed by atoms with Crippen molar-refractivity contribution in [2.24, 2.45) is 12.8 Å². The third kappa shape index (κ3) is 1.44. The number of hydrogen-bond acceptors (Lipinski definition) is 1. The van der Waals surface area contributed by atoms with Gasteiger partial charge in [-0.25, -0.2) is 0 Å². The molecule has 0 saturated carbocycles. The van der Waals surface area contributed by atoms with Gasteiger partial charge in [-0.1, -0.05) is 17.7 Å². The molecule has 1 aliphatic rings. The predicted molar refractivity (Wildman–Crippen MR) is 72.5 cm³/mol. The molecule has 0 amide bonds. The topological polar surface area (TPSA) is 30.9 Å². The van der Waals surface area contributed by atoms with Crippen LogP contribution < -0.4 is 5.73 Å². The predicted octanol–water partition coefficient (Wildman–Crippen LogP) is 3.48. The Morgan fingerprint density at radius 2 is 2.18 bits per heavy atom. The van der Waals surface area contributed by atoms with Gasteiger partial charge in [-0.2, -0.15) is 0 Å². The van der Waals surface area contributed by atoms with E-state index in [1.54, 1.807) is 0 Å². The van der Waals surface area contributed by atoms with Crippen molar-refractivity contribution in [1.82, 2.24) is 4.57 Å². The third-order valence-corrected chi connectivity index (χ3v) is 4.40. The van der Waals surface area contributed by atoms with Crippen molar-refractivity contribution in [2.75, 3.05) is 0 Å². The fourth-order valence-electron chi connectivity index (χ4n) is 3.18. The summed E-state index contributed by atoms with van der Waals surface area (Å²) in [6, 6.07) is 4.32. The number of aryl methyl sites for hydroxylation is 3. The van der Waals surface area contributed by atoms with Crippen LogP contribution in [-0.4, -0.2) is 4.57 Å². The molecule has 0 saturated heterocycles. The monoisotopic (exact) mass is 248 g/mol. The Morgan fingerprint density at radius 1 is 1.41 bits per heavy atom. The second-order valence-electron chi connectivity index (χ2n) is 4.99. The Hall–Kier alpha value is -0.990. The van der Waals surface area contributed by atoms with Crippen LogP contribution in [0.4, 0.5) is 0 Å². The Balaban J connectivity index is 2.44. The van der Waals surface area contributed by atoms with Gasteiger partial charge in [-0.15, -0.1) is 0 Å². The Kier molecular flexibility index (Phi) is 2.46. The van der Waals surface area contributed by atoms with Gasteiger partial charge in [0.15, 0.2) is 0 Å². The summed E-state index contributed by atoms with van der Waals surface area (Å²) in [5.41, 5.74) is 11.4. The quantitative estimate of drug-likeness (QED) is 0.760. The molecule has 0 bridgehead atoms.